The summed E-state index contributed by atoms with van der Waals surface area (Å²) in [5, 5.41) is 9.30. The molecule has 0 aromatic heterocycles. The lowest BCUT2D eigenvalue weighted by Crippen LogP contribution is -2.27. The van der Waals surface area contributed by atoms with Crippen molar-refractivity contribution >= 4 is 0 Å². The summed E-state index contributed by atoms with van der Waals surface area (Å²) in [5.74, 6) is 1.55. The Morgan fingerprint density at radius 1 is 1.36 bits per heavy atom. The van der Waals surface area contributed by atoms with Crippen LogP contribution in [0.25, 0.3) is 0 Å². The summed E-state index contributed by atoms with van der Waals surface area (Å²) in [7, 11) is 0. The summed E-state index contributed by atoms with van der Waals surface area (Å²) in [6.07, 6.45) is 7.22. The third-order valence-electron chi connectivity index (χ3n) is 3.68. The third kappa shape index (κ3) is 2.74. The Balaban J connectivity index is 2.53. The molecular formula is C13H23N. The molecule has 0 amide bonds. The van der Waals surface area contributed by atoms with Gasteiger partial charge in [0.2, 0.25) is 0 Å². The molecule has 1 aliphatic carbocycles. The van der Waals surface area contributed by atoms with E-state index >= 15 is 0 Å². The molecule has 1 rings (SSSR count). The van der Waals surface area contributed by atoms with Crippen LogP contribution in [0.2, 0.25) is 0 Å². The van der Waals surface area contributed by atoms with Gasteiger partial charge in [0.15, 0.2) is 0 Å². The van der Waals surface area contributed by atoms with Gasteiger partial charge in [-0.15, -0.1) is 0 Å². The Hall–Kier alpha value is -0.510. The van der Waals surface area contributed by atoms with E-state index in [4.69, 9.17) is 0 Å². The Morgan fingerprint density at radius 2 is 1.93 bits per heavy atom. The van der Waals surface area contributed by atoms with Crippen LogP contribution in [0, 0.1) is 28.6 Å². The molecule has 0 heterocycles. The number of hydrogen-bond donors (Lipinski definition) is 0. The fourth-order valence-corrected chi connectivity index (χ4v) is 2.78. The standard InChI is InChI=1S/C13H23N/c1-4-12-5-7-13(10-14,8-6-12)9-11(2)3/h11-12H,4-9H2,1-3H3. The summed E-state index contributed by atoms with van der Waals surface area (Å²) < 4.78 is 0. The zero-order valence-electron chi connectivity index (χ0n) is 9.84. The molecule has 80 valence electrons. The van der Waals surface area contributed by atoms with E-state index in [-0.39, 0.29) is 5.41 Å². The summed E-state index contributed by atoms with van der Waals surface area (Å²) in [4.78, 5) is 0. The highest BCUT2D eigenvalue weighted by Crippen LogP contribution is 2.43. The molecular weight excluding hydrogens is 170 g/mol. The molecule has 0 unspecified atom stereocenters. The first-order valence-corrected chi connectivity index (χ1v) is 6.03. The van der Waals surface area contributed by atoms with Crippen LogP contribution in [0.15, 0.2) is 0 Å². The molecule has 0 saturated heterocycles. The normalized spacial score (nSPS) is 32.9. The van der Waals surface area contributed by atoms with Gasteiger partial charge in [-0.1, -0.05) is 27.2 Å². The van der Waals surface area contributed by atoms with Gasteiger partial charge in [-0.25, -0.2) is 0 Å². The minimum absolute atomic E-state index is 0.0276. The van der Waals surface area contributed by atoms with E-state index in [0.29, 0.717) is 5.92 Å². The van der Waals surface area contributed by atoms with Crippen LogP contribution in [-0.2, 0) is 0 Å². The zero-order chi connectivity index (χ0) is 10.6. The van der Waals surface area contributed by atoms with Crippen LogP contribution < -0.4 is 0 Å². The summed E-state index contributed by atoms with van der Waals surface area (Å²) >= 11 is 0. The lowest BCUT2D eigenvalue weighted by Gasteiger charge is -2.35. The van der Waals surface area contributed by atoms with Gasteiger partial charge >= 0.3 is 0 Å². The van der Waals surface area contributed by atoms with E-state index < -0.39 is 0 Å². The van der Waals surface area contributed by atoms with Crippen molar-refractivity contribution in [3.8, 4) is 6.07 Å². The van der Waals surface area contributed by atoms with Gasteiger partial charge in [-0.05, 0) is 43.9 Å². The summed E-state index contributed by atoms with van der Waals surface area (Å²) in [5.41, 5.74) is 0.0276. The number of hydrogen-bond acceptors (Lipinski definition) is 1. The molecule has 0 atom stereocenters. The monoisotopic (exact) mass is 193 g/mol. The van der Waals surface area contributed by atoms with Gasteiger partial charge in [0.25, 0.3) is 0 Å². The van der Waals surface area contributed by atoms with Gasteiger partial charge in [0.1, 0.15) is 0 Å². The van der Waals surface area contributed by atoms with E-state index in [2.05, 4.69) is 26.8 Å². The predicted octanol–water partition coefficient (Wildman–Crippen LogP) is 4.14. The molecule has 0 spiro atoms. The minimum Gasteiger partial charge on any atom is -0.198 e. The molecule has 0 N–H and O–H groups in total. The topological polar surface area (TPSA) is 23.8 Å². The quantitative estimate of drug-likeness (QED) is 0.660. The van der Waals surface area contributed by atoms with Crippen molar-refractivity contribution in [2.24, 2.45) is 17.3 Å². The van der Waals surface area contributed by atoms with E-state index in [1.54, 1.807) is 0 Å². The van der Waals surface area contributed by atoms with Crippen LogP contribution in [0.1, 0.15) is 59.3 Å². The van der Waals surface area contributed by atoms with Crippen molar-refractivity contribution in [2.45, 2.75) is 59.3 Å². The first-order chi connectivity index (χ1) is 6.62. The molecule has 1 fully saturated rings. The fourth-order valence-electron chi connectivity index (χ4n) is 2.78. The molecule has 0 aromatic rings. The second kappa shape index (κ2) is 4.82. The first kappa shape index (κ1) is 11.6. The molecule has 0 aliphatic heterocycles. The van der Waals surface area contributed by atoms with E-state index in [1.807, 2.05) is 0 Å². The SMILES string of the molecule is CCC1CCC(C#N)(CC(C)C)CC1. The van der Waals surface area contributed by atoms with Gasteiger partial charge in [-0.2, -0.15) is 5.26 Å². The lowest BCUT2D eigenvalue weighted by atomic mass is 9.67. The molecule has 14 heavy (non-hydrogen) atoms. The largest absolute Gasteiger partial charge is 0.198 e. The van der Waals surface area contributed by atoms with E-state index in [1.165, 1.54) is 19.3 Å². The second-order valence-electron chi connectivity index (χ2n) is 5.34. The zero-order valence-corrected chi connectivity index (χ0v) is 9.84. The van der Waals surface area contributed by atoms with Gasteiger partial charge in [0, 0.05) is 0 Å². The number of nitrogens with zero attached hydrogens (tertiary/aromatic N) is 1. The van der Waals surface area contributed by atoms with Crippen molar-refractivity contribution in [3.05, 3.63) is 0 Å². The van der Waals surface area contributed by atoms with Gasteiger partial charge in [0.05, 0.1) is 11.5 Å². The average Bonchev–Trinajstić information content (AvgIpc) is 2.18. The number of rotatable bonds is 3. The molecule has 1 saturated carbocycles. The van der Waals surface area contributed by atoms with Crippen molar-refractivity contribution in [2.75, 3.05) is 0 Å². The van der Waals surface area contributed by atoms with Crippen molar-refractivity contribution in [3.63, 3.8) is 0 Å². The van der Waals surface area contributed by atoms with Gasteiger partial charge in [-0.3, -0.25) is 0 Å². The first-order valence-electron chi connectivity index (χ1n) is 6.03. The highest BCUT2D eigenvalue weighted by molar-refractivity contribution is 5.01. The molecule has 1 nitrogen and oxygen atoms in total. The van der Waals surface area contributed by atoms with Crippen LogP contribution >= 0.6 is 0 Å². The highest BCUT2D eigenvalue weighted by atomic mass is 14.4. The fraction of sp³-hybridized carbons (Fsp3) is 0.923. The smallest absolute Gasteiger partial charge is 0.0689 e. The Bertz CT molecular complexity index is 204. The average molecular weight is 193 g/mol. The molecule has 0 radical (unpaired) electrons. The second-order valence-corrected chi connectivity index (χ2v) is 5.34. The molecule has 0 aromatic carbocycles. The molecule has 1 heteroatoms. The maximum absolute atomic E-state index is 9.30. The van der Waals surface area contributed by atoms with Gasteiger partial charge < -0.3 is 0 Å². The predicted molar refractivity (Wildman–Crippen MR) is 59.8 cm³/mol. The van der Waals surface area contributed by atoms with Crippen LogP contribution in [0.4, 0.5) is 0 Å². The van der Waals surface area contributed by atoms with E-state index in [0.717, 1.165) is 25.2 Å². The molecule has 0 bridgehead atoms. The van der Waals surface area contributed by atoms with Crippen molar-refractivity contribution < 1.29 is 0 Å². The Kier molecular flexibility index (Phi) is 3.98. The Morgan fingerprint density at radius 3 is 2.29 bits per heavy atom. The van der Waals surface area contributed by atoms with Crippen molar-refractivity contribution in [1.29, 1.82) is 5.26 Å². The van der Waals surface area contributed by atoms with Crippen molar-refractivity contribution in [1.82, 2.24) is 0 Å². The maximum atomic E-state index is 9.30. The lowest BCUT2D eigenvalue weighted by molar-refractivity contribution is 0.175. The maximum Gasteiger partial charge on any atom is 0.0689 e. The summed E-state index contributed by atoms with van der Waals surface area (Å²) in [6, 6.07) is 2.59. The Labute approximate surface area is 88.5 Å². The highest BCUT2D eigenvalue weighted by Gasteiger charge is 2.35. The van der Waals surface area contributed by atoms with Crippen LogP contribution in [-0.4, -0.2) is 0 Å². The molecule has 1 aliphatic rings. The van der Waals surface area contributed by atoms with E-state index in [9.17, 15) is 5.26 Å². The minimum atomic E-state index is 0.0276. The van der Waals surface area contributed by atoms with Crippen LogP contribution in [0.3, 0.4) is 0 Å². The summed E-state index contributed by atoms with van der Waals surface area (Å²) in [6.45, 7) is 6.72. The van der Waals surface area contributed by atoms with Crippen LogP contribution in [0.5, 0.6) is 0 Å². The number of nitriles is 1. The third-order valence-corrected chi connectivity index (χ3v) is 3.68.